The lowest BCUT2D eigenvalue weighted by Gasteiger charge is -2.15. The molecule has 0 saturated heterocycles. The van der Waals surface area contributed by atoms with Gasteiger partial charge in [-0.05, 0) is 24.6 Å². The molecule has 1 unspecified atom stereocenters. The standard InChI is InChI=1S/C17H16N2O5/c1-11(18-16(20)9-12-5-3-2-4-6-12)14-8-7-13(17(21)22)10-15(14)19(23)24/h2-8,10-11H,9H2,1H3,(H,18,20)(H,21,22). The third-order valence-corrected chi connectivity index (χ3v) is 3.53. The van der Waals surface area contributed by atoms with Crippen LogP contribution < -0.4 is 5.32 Å². The minimum absolute atomic E-state index is 0.159. The lowest BCUT2D eigenvalue weighted by molar-refractivity contribution is -0.385. The smallest absolute Gasteiger partial charge is 0.335 e. The van der Waals surface area contributed by atoms with Crippen LogP contribution in [0.2, 0.25) is 0 Å². The Morgan fingerprint density at radius 3 is 2.46 bits per heavy atom. The van der Waals surface area contributed by atoms with Crippen LogP contribution in [-0.2, 0) is 11.2 Å². The van der Waals surface area contributed by atoms with Crippen LogP contribution in [0.3, 0.4) is 0 Å². The number of rotatable bonds is 6. The lowest BCUT2D eigenvalue weighted by Crippen LogP contribution is -2.28. The Labute approximate surface area is 138 Å². The van der Waals surface area contributed by atoms with Gasteiger partial charge in [-0.3, -0.25) is 14.9 Å². The summed E-state index contributed by atoms with van der Waals surface area (Å²) in [7, 11) is 0. The monoisotopic (exact) mass is 328 g/mol. The Morgan fingerprint density at radius 2 is 1.88 bits per heavy atom. The molecule has 0 saturated carbocycles. The van der Waals surface area contributed by atoms with Crippen LogP contribution in [0, 0.1) is 10.1 Å². The van der Waals surface area contributed by atoms with Crippen LogP contribution in [0.4, 0.5) is 5.69 Å². The number of aromatic carboxylic acids is 1. The number of nitrogens with one attached hydrogen (secondary N) is 1. The molecule has 0 aromatic heterocycles. The average Bonchev–Trinajstić information content (AvgIpc) is 2.54. The van der Waals surface area contributed by atoms with Gasteiger partial charge in [0.15, 0.2) is 0 Å². The zero-order valence-electron chi connectivity index (χ0n) is 12.9. The summed E-state index contributed by atoms with van der Waals surface area (Å²) in [6.07, 6.45) is 0.159. The lowest BCUT2D eigenvalue weighted by atomic mass is 10.0. The van der Waals surface area contributed by atoms with Crippen LogP contribution in [-0.4, -0.2) is 21.9 Å². The zero-order valence-corrected chi connectivity index (χ0v) is 12.9. The second-order valence-corrected chi connectivity index (χ2v) is 5.29. The molecule has 124 valence electrons. The van der Waals surface area contributed by atoms with Gasteiger partial charge in [0.25, 0.3) is 5.69 Å². The van der Waals surface area contributed by atoms with E-state index < -0.39 is 16.9 Å². The average molecular weight is 328 g/mol. The Bertz CT molecular complexity index is 774. The van der Waals surface area contributed by atoms with Gasteiger partial charge in [0.05, 0.1) is 28.5 Å². The third kappa shape index (κ3) is 4.16. The first-order chi connectivity index (χ1) is 11.4. The predicted octanol–water partition coefficient (Wildman–Crippen LogP) is 2.71. The van der Waals surface area contributed by atoms with Gasteiger partial charge in [-0.15, -0.1) is 0 Å². The summed E-state index contributed by atoms with van der Waals surface area (Å²) in [5, 5.41) is 22.8. The predicted molar refractivity (Wildman–Crippen MR) is 86.8 cm³/mol. The van der Waals surface area contributed by atoms with Crippen molar-refractivity contribution in [2.75, 3.05) is 0 Å². The van der Waals surface area contributed by atoms with E-state index in [1.807, 2.05) is 30.3 Å². The molecular formula is C17H16N2O5. The molecule has 0 aliphatic heterocycles. The zero-order chi connectivity index (χ0) is 17.7. The number of nitrogens with zero attached hydrogens (tertiary/aromatic N) is 1. The van der Waals surface area contributed by atoms with E-state index in [9.17, 15) is 19.7 Å². The highest BCUT2D eigenvalue weighted by Gasteiger charge is 2.22. The maximum Gasteiger partial charge on any atom is 0.335 e. The van der Waals surface area contributed by atoms with Crippen molar-refractivity contribution in [1.29, 1.82) is 0 Å². The molecule has 0 bridgehead atoms. The third-order valence-electron chi connectivity index (χ3n) is 3.53. The molecule has 0 aliphatic rings. The maximum atomic E-state index is 12.1. The summed E-state index contributed by atoms with van der Waals surface area (Å²) in [5.74, 6) is -1.52. The van der Waals surface area contributed by atoms with Gasteiger partial charge in [-0.2, -0.15) is 0 Å². The maximum absolute atomic E-state index is 12.1. The van der Waals surface area contributed by atoms with Crippen LogP contribution >= 0.6 is 0 Å². The molecule has 2 aromatic rings. The number of carboxylic acid groups (broad SMARTS) is 1. The highest BCUT2D eigenvalue weighted by atomic mass is 16.6. The molecule has 2 N–H and O–H groups in total. The Morgan fingerprint density at radius 1 is 1.21 bits per heavy atom. The van der Waals surface area contributed by atoms with Crippen molar-refractivity contribution in [2.45, 2.75) is 19.4 Å². The second kappa shape index (κ2) is 7.36. The molecule has 1 amide bonds. The van der Waals surface area contributed by atoms with Crippen LogP contribution in [0.15, 0.2) is 48.5 Å². The first-order valence-electron chi connectivity index (χ1n) is 7.23. The van der Waals surface area contributed by atoms with Crippen molar-refractivity contribution < 1.29 is 19.6 Å². The fourth-order valence-electron chi connectivity index (χ4n) is 2.35. The van der Waals surface area contributed by atoms with Gasteiger partial charge in [-0.25, -0.2) is 4.79 Å². The summed E-state index contributed by atoms with van der Waals surface area (Å²) in [5.41, 5.74) is 0.583. The molecule has 7 heteroatoms. The number of carbonyl (C=O) groups is 2. The Balaban J connectivity index is 2.16. The number of hydrogen-bond donors (Lipinski definition) is 2. The summed E-state index contributed by atoms with van der Waals surface area (Å²) < 4.78 is 0. The van der Waals surface area contributed by atoms with Crippen molar-refractivity contribution in [1.82, 2.24) is 5.32 Å². The number of hydrogen-bond acceptors (Lipinski definition) is 4. The first kappa shape index (κ1) is 17.1. The van der Waals surface area contributed by atoms with E-state index in [-0.39, 0.29) is 29.1 Å². The number of benzene rings is 2. The van der Waals surface area contributed by atoms with E-state index in [2.05, 4.69) is 5.32 Å². The van der Waals surface area contributed by atoms with Crippen LogP contribution in [0.5, 0.6) is 0 Å². The fraction of sp³-hybridized carbons (Fsp3) is 0.176. The molecular weight excluding hydrogens is 312 g/mol. The van der Waals surface area contributed by atoms with Gasteiger partial charge < -0.3 is 10.4 Å². The van der Waals surface area contributed by atoms with Gasteiger partial charge in [-0.1, -0.05) is 30.3 Å². The Hall–Kier alpha value is -3.22. The molecule has 7 nitrogen and oxygen atoms in total. The number of nitro groups is 1. The van der Waals surface area contributed by atoms with Crippen molar-refractivity contribution >= 4 is 17.6 Å². The largest absolute Gasteiger partial charge is 0.478 e. The second-order valence-electron chi connectivity index (χ2n) is 5.29. The fourth-order valence-corrected chi connectivity index (χ4v) is 2.35. The van der Waals surface area contributed by atoms with Crippen molar-refractivity contribution in [3.63, 3.8) is 0 Å². The molecule has 2 rings (SSSR count). The topological polar surface area (TPSA) is 110 Å². The highest BCUT2D eigenvalue weighted by molar-refractivity contribution is 5.88. The van der Waals surface area contributed by atoms with E-state index >= 15 is 0 Å². The van der Waals surface area contributed by atoms with E-state index in [0.29, 0.717) is 0 Å². The summed E-state index contributed by atoms with van der Waals surface area (Å²) in [6.45, 7) is 1.62. The van der Waals surface area contributed by atoms with Gasteiger partial charge >= 0.3 is 5.97 Å². The molecule has 0 heterocycles. The minimum Gasteiger partial charge on any atom is -0.478 e. The SMILES string of the molecule is CC(NC(=O)Cc1ccccc1)c1ccc(C(=O)O)cc1[N+](=O)[O-]. The number of carbonyl (C=O) groups excluding carboxylic acids is 1. The summed E-state index contributed by atoms with van der Waals surface area (Å²) >= 11 is 0. The number of nitro benzene ring substituents is 1. The molecule has 0 spiro atoms. The summed E-state index contributed by atoms with van der Waals surface area (Å²) in [4.78, 5) is 33.5. The van der Waals surface area contributed by atoms with E-state index in [4.69, 9.17) is 5.11 Å². The van der Waals surface area contributed by atoms with E-state index in [0.717, 1.165) is 11.6 Å². The van der Waals surface area contributed by atoms with Crippen LogP contribution in [0.1, 0.15) is 34.5 Å². The number of carboxylic acids is 1. The number of amides is 1. The molecule has 0 fully saturated rings. The molecule has 24 heavy (non-hydrogen) atoms. The molecule has 1 atom stereocenters. The Kier molecular flexibility index (Phi) is 5.26. The van der Waals surface area contributed by atoms with Crippen molar-refractivity contribution in [2.24, 2.45) is 0 Å². The van der Waals surface area contributed by atoms with Crippen LogP contribution in [0.25, 0.3) is 0 Å². The van der Waals surface area contributed by atoms with E-state index in [1.165, 1.54) is 12.1 Å². The normalized spacial score (nSPS) is 11.5. The highest BCUT2D eigenvalue weighted by Crippen LogP contribution is 2.26. The summed E-state index contributed by atoms with van der Waals surface area (Å²) in [6, 6.07) is 12.1. The van der Waals surface area contributed by atoms with Crippen molar-refractivity contribution in [3.05, 3.63) is 75.3 Å². The molecule has 0 aliphatic carbocycles. The van der Waals surface area contributed by atoms with Gasteiger partial charge in [0.1, 0.15) is 0 Å². The van der Waals surface area contributed by atoms with Crippen molar-refractivity contribution in [3.8, 4) is 0 Å². The molecule has 0 radical (unpaired) electrons. The van der Waals surface area contributed by atoms with Gasteiger partial charge in [0.2, 0.25) is 5.91 Å². The minimum atomic E-state index is -1.24. The van der Waals surface area contributed by atoms with Gasteiger partial charge in [0, 0.05) is 6.07 Å². The quantitative estimate of drug-likeness (QED) is 0.626. The molecule has 2 aromatic carbocycles. The van der Waals surface area contributed by atoms with E-state index in [1.54, 1.807) is 6.92 Å². The first-order valence-corrected chi connectivity index (χ1v) is 7.23.